The van der Waals surface area contributed by atoms with Crippen molar-refractivity contribution in [3.63, 3.8) is 0 Å². The topological polar surface area (TPSA) is 234 Å². The second kappa shape index (κ2) is 22.1. The predicted molar refractivity (Wildman–Crippen MR) is 259 cm³/mol. The molecule has 2 saturated heterocycles. The Kier molecular flexibility index (Phi) is 15.8. The number of hydrogen-bond acceptors (Lipinski definition) is 16. The van der Waals surface area contributed by atoms with Crippen molar-refractivity contribution in [2.45, 2.75) is 78.4 Å². The molecular weight excluding hydrogens is 901 g/mol. The highest BCUT2D eigenvalue weighted by atomic mass is 16.6. The first kappa shape index (κ1) is 50.1. The van der Waals surface area contributed by atoms with Crippen LogP contribution in [0.4, 0.5) is 21.2 Å². The van der Waals surface area contributed by atoms with Crippen LogP contribution in [-0.4, -0.2) is 153 Å². The number of hydrogen-bond donors (Lipinski definition) is 1. The summed E-state index contributed by atoms with van der Waals surface area (Å²) in [7, 11) is 0. The van der Waals surface area contributed by atoms with Crippen LogP contribution in [0.15, 0.2) is 95.3 Å². The minimum Gasteiger partial charge on any atom is -0.444 e. The second-order valence-electron chi connectivity index (χ2n) is 18.6. The van der Waals surface area contributed by atoms with E-state index < -0.39 is 11.2 Å². The number of aromatic nitrogens is 10. The molecule has 0 aliphatic carbocycles. The van der Waals surface area contributed by atoms with Crippen LogP contribution in [0.1, 0.15) is 65.8 Å². The third kappa shape index (κ3) is 12.9. The summed E-state index contributed by atoms with van der Waals surface area (Å²) in [5.41, 5.74) is 2.72. The molecule has 0 bridgehead atoms. The summed E-state index contributed by atoms with van der Waals surface area (Å²) in [6, 6.07) is 14.8. The van der Waals surface area contributed by atoms with Crippen molar-refractivity contribution < 1.29 is 29.0 Å². The third-order valence-electron chi connectivity index (χ3n) is 11.1. The van der Waals surface area contributed by atoms with Gasteiger partial charge in [-0.3, -0.25) is 18.7 Å². The fraction of sp³-hybridized carbons (Fsp3) is 0.438. The number of amides is 2. The maximum absolute atomic E-state index is 13.5. The number of ether oxygens (including phenoxy) is 2. The van der Waals surface area contributed by atoms with Gasteiger partial charge in [0.2, 0.25) is 0 Å². The second-order valence-corrected chi connectivity index (χ2v) is 18.6. The molecule has 22 heteroatoms. The number of nitrogens with zero attached hydrogens (tertiary/aromatic N) is 14. The number of aliphatic hydroxyl groups excluding tert-OH is 1. The summed E-state index contributed by atoms with van der Waals surface area (Å²) in [5, 5.41) is 24.9. The molecule has 4 aromatic heterocycles. The molecule has 0 saturated carbocycles. The van der Waals surface area contributed by atoms with Crippen LogP contribution >= 0.6 is 0 Å². The zero-order valence-electron chi connectivity index (χ0n) is 40.4. The Bertz CT molecular complexity index is 2800. The van der Waals surface area contributed by atoms with E-state index in [1.54, 1.807) is 65.5 Å². The molecule has 0 atom stereocenters. The normalized spacial score (nSPS) is 14.2. The number of anilines is 2. The van der Waals surface area contributed by atoms with Gasteiger partial charge in [0, 0.05) is 89.2 Å². The van der Waals surface area contributed by atoms with E-state index in [2.05, 4.69) is 30.6 Å². The van der Waals surface area contributed by atoms with E-state index in [1.165, 1.54) is 0 Å². The lowest BCUT2D eigenvalue weighted by Crippen LogP contribution is -2.51. The summed E-state index contributed by atoms with van der Waals surface area (Å²) in [4.78, 5) is 79.0. The molecule has 8 rings (SSSR count). The number of carbonyl (C=O) groups is 3. The number of aryl methyl sites for hydroxylation is 2. The molecule has 370 valence electrons. The molecule has 1 N–H and O–H groups in total. The van der Waals surface area contributed by atoms with Crippen molar-refractivity contribution in [1.82, 2.24) is 58.9 Å². The van der Waals surface area contributed by atoms with Crippen LogP contribution in [0.5, 0.6) is 0 Å². The predicted octanol–water partition coefficient (Wildman–Crippen LogP) is 3.80. The van der Waals surface area contributed by atoms with Crippen LogP contribution in [0, 0.1) is 0 Å². The number of rotatable bonds is 12. The van der Waals surface area contributed by atoms with Crippen LogP contribution in [0.3, 0.4) is 0 Å². The first-order chi connectivity index (χ1) is 33.5. The van der Waals surface area contributed by atoms with E-state index in [9.17, 15) is 29.1 Å². The van der Waals surface area contributed by atoms with Gasteiger partial charge in [0.15, 0.2) is 11.6 Å². The summed E-state index contributed by atoms with van der Waals surface area (Å²) >= 11 is 0. The maximum Gasteiger partial charge on any atom is 0.410 e. The summed E-state index contributed by atoms with van der Waals surface area (Å²) < 4.78 is 17.3. The largest absolute Gasteiger partial charge is 0.444 e. The lowest BCUT2D eigenvalue weighted by atomic mass is 10.2. The molecule has 0 spiro atoms. The molecule has 22 nitrogen and oxygen atoms in total. The van der Waals surface area contributed by atoms with E-state index in [4.69, 9.17) is 9.47 Å². The number of benzene rings is 2. The molecule has 0 radical (unpaired) electrons. The van der Waals surface area contributed by atoms with Crippen LogP contribution in [-0.2, 0) is 27.1 Å². The SMILES string of the molecule is CC(C)(C)OC(=O)N1CCN(c2nc(CCC=O)cn(-c3ccc(-n4ccnn4)cc3)c2=O)CC1.CC(C)(C)OC(=O)N1CCN(c2nc(CCCO)cn(-c3ccc(-n4ccnn4)cc3)c2=O)CC1. The number of piperazine rings is 2. The monoisotopic (exact) mass is 960 g/mol. The quantitative estimate of drug-likeness (QED) is 0.172. The maximum atomic E-state index is 13.5. The highest BCUT2D eigenvalue weighted by Crippen LogP contribution is 2.20. The standard InChI is InChI=1S/C24H31N7O4.C24H29N7O4/c2*1-24(2,3)35-23(34)29-14-12-28(13-15-29)21-22(33)30(17-18(26-21)5-4-16-32)19-6-8-20(9-7-19)31-11-10-25-27-31/h6-11,17,32H,4-5,12-16H2,1-3H3;6-11,16-17H,4-5,12-15H2,1-3H3. The Morgan fingerprint density at radius 3 is 1.33 bits per heavy atom. The Balaban J connectivity index is 0.000000206. The van der Waals surface area contributed by atoms with E-state index in [0.717, 1.165) is 17.7 Å². The molecule has 2 aliphatic heterocycles. The Morgan fingerprint density at radius 2 is 0.986 bits per heavy atom. The van der Waals surface area contributed by atoms with E-state index in [1.807, 2.05) is 99.9 Å². The first-order valence-corrected chi connectivity index (χ1v) is 23.2. The van der Waals surface area contributed by atoms with Gasteiger partial charge in [-0.05, 0) is 109 Å². The summed E-state index contributed by atoms with van der Waals surface area (Å²) in [6.45, 7) is 14.6. The minimum atomic E-state index is -0.570. The van der Waals surface area contributed by atoms with Gasteiger partial charge in [-0.2, -0.15) is 0 Å². The number of carbonyl (C=O) groups excluding carboxylic acids is 3. The number of aldehydes is 1. The molecular formula is C48H60N14O8. The first-order valence-electron chi connectivity index (χ1n) is 23.2. The van der Waals surface area contributed by atoms with Gasteiger partial charge in [0.1, 0.15) is 17.5 Å². The van der Waals surface area contributed by atoms with Crippen molar-refractivity contribution in [2.75, 3.05) is 68.8 Å². The Morgan fingerprint density at radius 1 is 0.600 bits per heavy atom. The third-order valence-corrected chi connectivity index (χ3v) is 11.1. The molecule has 2 fully saturated rings. The van der Waals surface area contributed by atoms with Gasteiger partial charge < -0.3 is 39.0 Å². The fourth-order valence-corrected chi connectivity index (χ4v) is 7.64. The minimum absolute atomic E-state index is 0.0390. The van der Waals surface area contributed by atoms with Crippen LogP contribution < -0.4 is 20.9 Å². The highest BCUT2D eigenvalue weighted by molar-refractivity contribution is 5.69. The van der Waals surface area contributed by atoms with E-state index in [0.29, 0.717) is 112 Å². The lowest BCUT2D eigenvalue weighted by molar-refractivity contribution is -0.107. The van der Waals surface area contributed by atoms with Crippen molar-refractivity contribution in [2.24, 2.45) is 0 Å². The Labute approximate surface area is 404 Å². The average molecular weight is 961 g/mol. The zero-order valence-corrected chi connectivity index (χ0v) is 40.4. The van der Waals surface area contributed by atoms with Gasteiger partial charge in [-0.1, -0.05) is 10.4 Å². The van der Waals surface area contributed by atoms with E-state index in [-0.39, 0.29) is 29.9 Å². The van der Waals surface area contributed by atoms with Crippen LogP contribution in [0.2, 0.25) is 0 Å². The van der Waals surface area contributed by atoms with Crippen molar-refractivity contribution in [3.8, 4) is 22.7 Å². The zero-order chi connectivity index (χ0) is 50.0. The van der Waals surface area contributed by atoms with Gasteiger partial charge in [0.25, 0.3) is 11.1 Å². The average Bonchev–Trinajstić information content (AvgIpc) is 4.10. The summed E-state index contributed by atoms with van der Waals surface area (Å²) in [6.07, 6.45) is 12.0. The smallest absolute Gasteiger partial charge is 0.410 e. The van der Waals surface area contributed by atoms with Crippen molar-refractivity contribution >= 4 is 30.1 Å². The molecule has 2 aromatic carbocycles. The molecule has 0 unspecified atom stereocenters. The lowest BCUT2D eigenvalue weighted by Gasteiger charge is -2.36. The molecule has 6 aromatic rings. The molecule has 2 aliphatic rings. The molecule has 70 heavy (non-hydrogen) atoms. The van der Waals surface area contributed by atoms with Crippen molar-refractivity contribution in [3.05, 3.63) is 118 Å². The molecule has 6 heterocycles. The van der Waals surface area contributed by atoms with Gasteiger partial charge >= 0.3 is 12.2 Å². The Hall–Kier alpha value is -7.75. The fourth-order valence-electron chi connectivity index (χ4n) is 7.64. The highest BCUT2D eigenvalue weighted by Gasteiger charge is 2.30. The van der Waals surface area contributed by atoms with Crippen molar-refractivity contribution in [1.29, 1.82) is 0 Å². The van der Waals surface area contributed by atoms with Crippen LogP contribution in [0.25, 0.3) is 22.7 Å². The molecule has 2 amide bonds. The van der Waals surface area contributed by atoms with Gasteiger partial charge in [-0.15, -0.1) is 10.2 Å². The van der Waals surface area contributed by atoms with Gasteiger partial charge in [0.05, 0.1) is 47.6 Å². The number of aliphatic hydroxyl groups is 1. The van der Waals surface area contributed by atoms with E-state index >= 15 is 0 Å². The van der Waals surface area contributed by atoms with Gasteiger partial charge in [-0.25, -0.2) is 28.9 Å². The summed E-state index contributed by atoms with van der Waals surface area (Å²) in [5.74, 6) is 0.641.